The predicted octanol–water partition coefficient (Wildman–Crippen LogP) is 2.71. The van der Waals surface area contributed by atoms with Crippen molar-refractivity contribution in [3.05, 3.63) is 36.2 Å². The van der Waals surface area contributed by atoms with Gasteiger partial charge in [0, 0.05) is 19.0 Å². The van der Waals surface area contributed by atoms with E-state index in [2.05, 4.69) is 14.9 Å². The van der Waals surface area contributed by atoms with Crippen molar-refractivity contribution in [3.8, 4) is 17.4 Å². The van der Waals surface area contributed by atoms with E-state index >= 15 is 0 Å². The van der Waals surface area contributed by atoms with Gasteiger partial charge in [0.1, 0.15) is 0 Å². The summed E-state index contributed by atoms with van der Waals surface area (Å²) in [6.07, 6.45) is 2.77. The minimum absolute atomic E-state index is 0.432. The number of hydrogen-bond acceptors (Lipinski definition) is 6. The molecule has 0 amide bonds. The molecule has 0 bridgehead atoms. The average molecular weight is 329 g/mol. The summed E-state index contributed by atoms with van der Waals surface area (Å²) in [7, 11) is 3.28. The highest BCUT2D eigenvalue weighted by molar-refractivity contribution is 5.49. The second-order valence-electron chi connectivity index (χ2n) is 5.91. The highest BCUT2D eigenvalue weighted by Gasteiger charge is 2.27. The largest absolute Gasteiger partial charge is 0.493 e. The summed E-state index contributed by atoms with van der Waals surface area (Å²) in [5.41, 5.74) is 0.888. The number of ether oxygens (including phenoxy) is 3. The molecule has 1 aromatic carbocycles. The van der Waals surface area contributed by atoms with Gasteiger partial charge >= 0.3 is 0 Å². The maximum absolute atomic E-state index is 5.96. The van der Waals surface area contributed by atoms with Crippen molar-refractivity contribution in [1.82, 2.24) is 9.97 Å². The number of nitrogens with zero attached hydrogens (tertiary/aromatic N) is 3. The van der Waals surface area contributed by atoms with E-state index in [0.717, 1.165) is 42.5 Å². The van der Waals surface area contributed by atoms with Crippen LogP contribution in [0, 0.1) is 12.8 Å². The van der Waals surface area contributed by atoms with Crippen LogP contribution in [0.1, 0.15) is 12.1 Å². The standard InChI is InChI=1S/C18H23N3O3/c1-13-10-19-18(23-3)17(20-13)21-9-8-14(11-21)12-24-16-7-5-4-6-15(16)22-2/h4-7,10,14H,8-9,11-12H2,1-3H3. The van der Waals surface area contributed by atoms with Gasteiger partial charge in [-0.3, -0.25) is 0 Å². The molecule has 3 rings (SSSR count). The number of benzene rings is 1. The van der Waals surface area contributed by atoms with E-state index < -0.39 is 0 Å². The molecule has 1 aliphatic heterocycles. The van der Waals surface area contributed by atoms with Crippen LogP contribution in [0.25, 0.3) is 0 Å². The third-order valence-corrected chi connectivity index (χ3v) is 4.16. The lowest BCUT2D eigenvalue weighted by Gasteiger charge is -2.20. The molecule has 0 saturated carbocycles. The summed E-state index contributed by atoms with van der Waals surface area (Å²) in [4.78, 5) is 11.1. The van der Waals surface area contributed by atoms with Gasteiger partial charge in [-0.15, -0.1) is 0 Å². The number of para-hydroxylation sites is 2. The summed E-state index contributed by atoms with van der Waals surface area (Å²) < 4.78 is 16.6. The van der Waals surface area contributed by atoms with Crippen molar-refractivity contribution in [1.29, 1.82) is 0 Å². The molecule has 1 aromatic heterocycles. The van der Waals surface area contributed by atoms with Crippen LogP contribution in [-0.4, -0.2) is 43.9 Å². The number of aromatic nitrogens is 2. The molecule has 0 N–H and O–H groups in total. The average Bonchev–Trinajstić information content (AvgIpc) is 3.09. The summed E-state index contributed by atoms with van der Waals surface area (Å²) in [5.74, 6) is 3.37. The molecule has 0 radical (unpaired) electrons. The fourth-order valence-electron chi connectivity index (χ4n) is 2.91. The minimum Gasteiger partial charge on any atom is -0.493 e. The number of methoxy groups -OCH3 is 2. The minimum atomic E-state index is 0.432. The highest BCUT2D eigenvalue weighted by atomic mass is 16.5. The SMILES string of the molecule is COc1ccccc1OCC1CCN(c2nc(C)cnc2OC)C1. The molecule has 2 aromatic rings. The molecule has 1 saturated heterocycles. The Morgan fingerprint density at radius 1 is 1.17 bits per heavy atom. The molecule has 1 atom stereocenters. The molecule has 2 heterocycles. The third kappa shape index (κ3) is 3.53. The molecule has 0 spiro atoms. The number of aryl methyl sites for hydroxylation is 1. The zero-order valence-corrected chi connectivity index (χ0v) is 14.4. The lowest BCUT2D eigenvalue weighted by atomic mass is 10.1. The van der Waals surface area contributed by atoms with Gasteiger partial charge in [-0.25, -0.2) is 9.97 Å². The van der Waals surface area contributed by atoms with E-state index in [1.54, 1.807) is 20.4 Å². The normalized spacial score (nSPS) is 17.0. The first-order valence-corrected chi connectivity index (χ1v) is 8.09. The zero-order chi connectivity index (χ0) is 16.9. The van der Waals surface area contributed by atoms with E-state index in [4.69, 9.17) is 14.2 Å². The smallest absolute Gasteiger partial charge is 0.257 e. The van der Waals surface area contributed by atoms with Gasteiger partial charge in [0.05, 0.1) is 32.7 Å². The second-order valence-corrected chi connectivity index (χ2v) is 5.91. The fourth-order valence-corrected chi connectivity index (χ4v) is 2.91. The fraction of sp³-hybridized carbons (Fsp3) is 0.444. The quantitative estimate of drug-likeness (QED) is 0.812. The summed E-state index contributed by atoms with van der Waals surface area (Å²) >= 11 is 0. The van der Waals surface area contributed by atoms with Crippen LogP contribution < -0.4 is 19.1 Å². The number of anilines is 1. The van der Waals surface area contributed by atoms with Crippen LogP contribution in [0.3, 0.4) is 0 Å². The van der Waals surface area contributed by atoms with Gasteiger partial charge in [-0.05, 0) is 25.5 Å². The molecule has 6 heteroatoms. The molecule has 128 valence electrons. The molecule has 1 fully saturated rings. The highest BCUT2D eigenvalue weighted by Crippen LogP contribution is 2.30. The van der Waals surface area contributed by atoms with Crippen molar-refractivity contribution in [2.24, 2.45) is 5.92 Å². The van der Waals surface area contributed by atoms with Crippen molar-refractivity contribution < 1.29 is 14.2 Å². The first kappa shape index (κ1) is 16.4. The van der Waals surface area contributed by atoms with E-state index in [9.17, 15) is 0 Å². The van der Waals surface area contributed by atoms with Gasteiger partial charge in [0.15, 0.2) is 17.3 Å². The first-order valence-electron chi connectivity index (χ1n) is 8.09. The molecule has 6 nitrogen and oxygen atoms in total. The van der Waals surface area contributed by atoms with Crippen LogP contribution in [0.4, 0.5) is 5.82 Å². The van der Waals surface area contributed by atoms with E-state index in [1.165, 1.54) is 0 Å². The molecule has 1 aliphatic rings. The Labute approximate surface area is 142 Å². The maximum Gasteiger partial charge on any atom is 0.257 e. The van der Waals surface area contributed by atoms with Crippen molar-refractivity contribution in [2.75, 3.05) is 38.8 Å². The lowest BCUT2D eigenvalue weighted by molar-refractivity contribution is 0.248. The Morgan fingerprint density at radius 2 is 1.96 bits per heavy atom. The van der Waals surface area contributed by atoms with Crippen molar-refractivity contribution in [2.45, 2.75) is 13.3 Å². The summed E-state index contributed by atoms with van der Waals surface area (Å²) in [5, 5.41) is 0. The van der Waals surface area contributed by atoms with Crippen LogP contribution >= 0.6 is 0 Å². The van der Waals surface area contributed by atoms with Gasteiger partial charge < -0.3 is 19.1 Å². The Bertz CT molecular complexity index is 693. The van der Waals surface area contributed by atoms with Crippen LogP contribution in [0.5, 0.6) is 17.4 Å². The molecular weight excluding hydrogens is 306 g/mol. The Hall–Kier alpha value is -2.50. The first-order chi connectivity index (χ1) is 11.7. The van der Waals surface area contributed by atoms with E-state index in [0.29, 0.717) is 18.4 Å². The molecule has 24 heavy (non-hydrogen) atoms. The number of hydrogen-bond donors (Lipinski definition) is 0. The van der Waals surface area contributed by atoms with Crippen molar-refractivity contribution in [3.63, 3.8) is 0 Å². The Morgan fingerprint density at radius 3 is 2.71 bits per heavy atom. The van der Waals surface area contributed by atoms with E-state index in [-0.39, 0.29) is 0 Å². The molecule has 0 aliphatic carbocycles. The van der Waals surface area contributed by atoms with Crippen LogP contribution in [-0.2, 0) is 0 Å². The van der Waals surface area contributed by atoms with Crippen LogP contribution in [0.2, 0.25) is 0 Å². The Kier molecular flexibility index (Phi) is 5.03. The topological polar surface area (TPSA) is 56.7 Å². The summed E-state index contributed by atoms with van der Waals surface area (Å²) in [6.45, 7) is 4.39. The zero-order valence-electron chi connectivity index (χ0n) is 14.4. The second kappa shape index (κ2) is 7.38. The van der Waals surface area contributed by atoms with Gasteiger partial charge in [-0.2, -0.15) is 0 Å². The molecular formula is C18H23N3O3. The third-order valence-electron chi connectivity index (χ3n) is 4.16. The van der Waals surface area contributed by atoms with Crippen molar-refractivity contribution >= 4 is 5.82 Å². The van der Waals surface area contributed by atoms with Gasteiger partial charge in [0.2, 0.25) is 0 Å². The monoisotopic (exact) mass is 329 g/mol. The van der Waals surface area contributed by atoms with Gasteiger partial charge in [0.25, 0.3) is 5.88 Å². The lowest BCUT2D eigenvalue weighted by Crippen LogP contribution is -2.24. The number of rotatable bonds is 6. The molecule has 1 unspecified atom stereocenters. The predicted molar refractivity (Wildman–Crippen MR) is 92.1 cm³/mol. The van der Waals surface area contributed by atoms with Crippen LogP contribution in [0.15, 0.2) is 30.5 Å². The summed E-state index contributed by atoms with van der Waals surface area (Å²) in [6, 6.07) is 7.72. The van der Waals surface area contributed by atoms with Gasteiger partial charge in [-0.1, -0.05) is 12.1 Å². The maximum atomic E-state index is 5.96. The van der Waals surface area contributed by atoms with E-state index in [1.807, 2.05) is 31.2 Å². The Balaban J connectivity index is 1.63.